The normalized spacial score (nSPS) is 10.2. The van der Waals surface area contributed by atoms with E-state index in [-0.39, 0.29) is 12.6 Å². The molecule has 2 aromatic rings. The Bertz CT molecular complexity index is 520. The average Bonchev–Trinajstić information content (AvgIpc) is 2.81. The largest absolute Gasteiger partial charge is 0.461 e. The van der Waals surface area contributed by atoms with Gasteiger partial charge in [-0.25, -0.2) is 0 Å². The van der Waals surface area contributed by atoms with Crippen LogP contribution in [0.5, 0.6) is 0 Å². The number of ether oxygens (including phenoxy) is 1. The van der Waals surface area contributed by atoms with E-state index in [9.17, 15) is 4.79 Å². The molecule has 0 radical (unpaired) electrons. The number of benzene rings is 1. The fraction of sp³-hybridized carbons (Fsp3) is 0.154. The molecule has 0 aliphatic heterocycles. The van der Waals surface area contributed by atoms with Crippen molar-refractivity contribution in [2.45, 2.75) is 13.5 Å². The molecule has 88 valence electrons. The van der Waals surface area contributed by atoms with Gasteiger partial charge in [0, 0.05) is 29.4 Å². The van der Waals surface area contributed by atoms with E-state index in [1.807, 2.05) is 47.3 Å². The topological polar surface area (TPSA) is 31.2 Å². The number of aromatic nitrogens is 1. The van der Waals surface area contributed by atoms with Gasteiger partial charge in [0.15, 0.2) is 0 Å². The van der Waals surface area contributed by atoms with Gasteiger partial charge >= 0.3 is 5.97 Å². The number of rotatable bonds is 3. The van der Waals surface area contributed by atoms with E-state index < -0.39 is 0 Å². The van der Waals surface area contributed by atoms with Crippen LogP contribution < -0.4 is 0 Å². The minimum Gasteiger partial charge on any atom is -0.461 e. The molecule has 4 heteroatoms. The molecule has 0 aliphatic rings. The lowest BCUT2D eigenvalue weighted by Crippen LogP contribution is -2.01. The maximum absolute atomic E-state index is 10.8. The van der Waals surface area contributed by atoms with Gasteiger partial charge in [0.25, 0.3) is 0 Å². The van der Waals surface area contributed by atoms with Crippen molar-refractivity contribution >= 4 is 21.9 Å². The SMILES string of the molecule is CC(=O)OCc1cccc(-n2cccc2)c1Br. The molecule has 1 aromatic carbocycles. The van der Waals surface area contributed by atoms with Gasteiger partial charge in [-0.3, -0.25) is 4.79 Å². The summed E-state index contributed by atoms with van der Waals surface area (Å²) in [5, 5.41) is 0. The van der Waals surface area contributed by atoms with Crippen LogP contribution >= 0.6 is 15.9 Å². The molecular weight excluding hydrogens is 282 g/mol. The van der Waals surface area contributed by atoms with Gasteiger partial charge in [-0.15, -0.1) is 0 Å². The van der Waals surface area contributed by atoms with Crippen LogP contribution in [0.3, 0.4) is 0 Å². The molecule has 0 bridgehead atoms. The van der Waals surface area contributed by atoms with Crippen LogP contribution in [-0.2, 0) is 16.1 Å². The number of carbonyl (C=O) groups is 1. The zero-order valence-corrected chi connectivity index (χ0v) is 11.0. The predicted octanol–water partition coefficient (Wildman–Crippen LogP) is 3.30. The van der Waals surface area contributed by atoms with Crippen LogP contribution in [0.2, 0.25) is 0 Å². The maximum Gasteiger partial charge on any atom is 0.302 e. The van der Waals surface area contributed by atoms with Gasteiger partial charge in [0.1, 0.15) is 6.61 Å². The summed E-state index contributed by atoms with van der Waals surface area (Å²) in [5.74, 6) is -0.275. The summed E-state index contributed by atoms with van der Waals surface area (Å²) in [6.07, 6.45) is 3.94. The molecule has 0 spiro atoms. The first-order valence-electron chi connectivity index (χ1n) is 5.22. The summed E-state index contributed by atoms with van der Waals surface area (Å²) >= 11 is 3.54. The maximum atomic E-state index is 10.8. The summed E-state index contributed by atoms with van der Waals surface area (Å²) in [5.41, 5.74) is 1.98. The molecule has 0 N–H and O–H groups in total. The van der Waals surface area contributed by atoms with Crippen molar-refractivity contribution in [1.82, 2.24) is 4.57 Å². The Labute approximate surface area is 108 Å². The van der Waals surface area contributed by atoms with Gasteiger partial charge in [-0.1, -0.05) is 12.1 Å². The highest BCUT2D eigenvalue weighted by atomic mass is 79.9. The smallest absolute Gasteiger partial charge is 0.302 e. The van der Waals surface area contributed by atoms with Gasteiger partial charge in [-0.05, 0) is 34.1 Å². The van der Waals surface area contributed by atoms with Crippen molar-refractivity contribution in [2.24, 2.45) is 0 Å². The van der Waals surface area contributed by atoms with Crippen LogP contribution in [0, 0.1) is 0 Å². The lowest BCUT2D eigenvalue weighted by molar-refractivity contribution is -0.142. The number of carbonyl (C=O) groups excluding carboxylic acids is 1. The van der Waals surface area contributed by atoms with Gasteiger partial charge in [-0.2, -0.15) is 0 Å². The number of halogens is 1. The van der Waals surface area contributed by atoms with Crippen molar-refractivity contribution in [3.63, 3.8) is 0 Å². The molecule has 1 aromatic heterocycles. The number of hydrogen-bond donors (Lipinski definition) is 0. The second-order valence-electron chi connectivity index (χ2n) is 3.62. The molecule has 0 unspecified atom stereocenters. The van der Waals surface area contributed by atoms with Crippen LogP contribution in [0.15, 0.2) is 47.2 Å². The fourth-order valence-corrected chi connectivity index (χ4v) is 2.14. The monoisotopic (exact) mass is 293 g/mol. The summed E-state index contributed by atoms with van der Waals surface area (Å²) in [6.45, 7) is 1.69. The Morgan fingerprint density at radius 3 is 2.65 bits per heavy atom. The van der Waals surface area contributed by atoms with Crippen molar-refractivity contribution in [3.05, 3.63) is 52.8 Å². The number of nitrogens with zero attached hydrogens (tertiary/aromatic N) is 1. The zero-order chi connectivity index (χ0) is 12.3. The summed E-state index contributed by atoms with van der Waals surface area (Å²) in [7, 11) is 0. The van der Waals surface area contributed by atoms with Crippen molar-refractivity contribution in [2.75, 3.05) is 0 Å². The van der Waals surface area contributed by atoms with E-state index in [1.165, 1.54) is 6.92 Å². The van der Waals surface area contributed by atoms with E-state index in [2.05, 4.69) is 15.9 Å². The molecule has 0 saturated carbocycles. The molecule has 17 heavy (non-hydrogen) atoms. The van der Waals surface area contributed by atoms with Gasteiger partial charge in [0.05, 0.1) is 5.69 Å². The zero-order valence-electron chi connectivity index (χ0n) is 9.39. The molecule has 0 atom stereocenters. The van der Waals surface area contributed by atoms with Crippen molar-refractivity contribution in [1.29, 1.82) is 0 Å². The second kappa shape index (κ2) is 5.19. The minimum absolute atomic E-state index is 0.275. The van der Waals surface area contributed by atoms with Crippen LogP contribution in [0.1, 0.15) is 12.5 Å². The summed E-state index contributed by atoms with van der Waals surface area (Å²) in [6, 6.07) is 9.80. The predicted molar refractivity (Wildman–Crippen MR) is 68.9 cm³/mol. The molecular formula is C13H12BrNO2. The Morgan fingerprint density at radius 2 is 2.00 bits per heavy atom. The van der Waals surface area contributed by atoms with Crippen LogP contribution in [0.25, 0.3) is 5.69 Å². The minimum atomic E-state index is -0.275. The van der Waals surface area contributed by atoms with Gasteiger partial charge < -0.3 is 9.30 Å². The van der Waals surface area contributed by atoms with Gasteiger partial charge in [0.2, 0.25) is 0 Å². The average molecular weight is 294 g/mol. The summed E-state index contributed by atoms with van der Waals surface area (Å²) in [4.78, 5) is 10.8. The van der Waals surface area contributed by atoms with E-state index in [1.54, 1.807) is 0 Å². The third kappa shape index (κ3) is 2.77. The van der Waals surface area contributed by atoms with E-state index in [0.717, 1.165) is 15.7 Å². The molecule has 2 rings (SSSR count). The van der Waals surface area contributed by atoms with Crippen molar-refractivity contribution in [3.8, 4) is 5.69 Å². The standard InChI is InChI=1S/C13H12BrNO2/c1-10(16)17-9-11-5-4-6-12(13(11)14)15-7-2-3-8-15/h2-8H,9H2,1H3. The number of esters is 1. The Kier molecular flexibility index (Phi) is 3.64. The quantitative estimate of drug-likeness (QED) is 0.813. The molecule has 3 nitrogen and oxygen atoms in total. The Hall–Kier alpha value is -1.55. The lowest BCUT2D eigenvalue weighted by Gasteiger charge is -2.10. The first kappa shape index (κ1) is 11.9. The second-order valence-corrected chi connectivity index (χ2v) is 4.41. The highest BCUT2D eigenvalue weighted by molar-refractivity contribution is 9.10. The summed E-state index contributed by atoms with van der Waals surface area (Å²) < 4.78 is 7.95. The molecule has 0 fully saturated rings. The third-order valence-corrected chi connectivity index (χ3v) is 3.29. The molecule has 0 aliphatic carbocycles. The van der Waals surface area contributed by atoms with E-state index >= 15 is 0 Å². The highest BCUT2D eigenvalue weighted by Gasteiger charge is 2.07. The molecule has 0 saturated heterocycles. The highest BCUT2D eigenvalue weighted by Crippen LogP contribution is 2.25. The molecule has 1 heterocycles. The Balaban J connectivity index is 2.30. The first-order valence-corrected chi connectivity index (χ1v) is 6.02. The van der Waals surface area contributed by atoms with E-state index in [4.69, 9.17) is 4.74 Å². The number of hydrogen-bond acceptors (Lipinski definition) is 2. The molecule has 0 amide bonds. The van der Waals surface area contributed by atoms with Crippen molar-refractivity contribution < 1.29 is 9.53 Å². The lowest BCUT2D eigenvalue weighted by atomic mass is 10.2. The Morgan fingerprint density at radius 1 is 1.29 bits per heavy atom. The third-order valence-electron chi connectivity index (χ3n) is 2.37. The van der Waals surface area contributed by atoms with Crippen LogP contribution in [-0.4, -0.2) is 10.5 Å². The van der Waals surface area contributed by atoms with Crippen LogP contribution in [0.4, 0.5) is 0 Å². The fourth-order valence-electron chi connectivity index (χ4n) is 1.55. The van der Waals surface area contributed by atoms with E-state index in [0.29, 0.717) is 0 Å². The first-order chi connectivity index (χ1) is 8.18.